The first-order valence-corrected chi connectivity index (χ1v) is 9.59. The van der Waals surface area contributed by atoms with Crippen molar-refractivity contribution in [3.63, 3.8) is 0 Å². The van der Waals surface area contributed by atoms with Crippen molar-refractivity contribution in [2.75, 3.05) is 15.4 Å². The largest absolute Gasteiger partial charge is 0.326 e. The Labute approximate surface area is 152 Å². The van der Waals surface area contributed by atoms with Crippen LogP contribution in [0, 0.1) is 0 Å². The number of carbonyl (C=O) groups is 2. The summed E-state index contributed by atoms with van der Waals surface area (Å²) in [6.45, 7) is 3.26. The average Bonchev–Trinajstić information content (AvgIpc) is 2.56. The maximum atomic E-state index is 12.6. The Balaban J connectivity index is 2.21. The van der Waals surface area contributed by atoms with Crippen LogP contribution in [0.3, 0.4) is 0 Å². The van der Waals surface area contributed by atoms with Crippen molar-refractivity contribution < 1.29 is 18.0 Å². The van der Waals surface area contributed by atoms with Gasteiger partial charge in [-0.05, 0) is 42.8 Å². The number of hydrogen-bond acceptors (Lipinski definition) is 4. The van der Waals surface area contributed by atoms with Gasteiger partial charge in [0.2, 0.25) is 11.8 Å². The highest BCUT2D eigenvalue weighted by molar-refractivity contribution is 7.92. The van der Waals surface area contributed by atoms with E-state index in [9.17, 15) is 18.0 Å². The van der Waals surface area contributed by atoms with Gasteiger partial charge in [-0.2, -0.15) is 0 Å². The molecule has 0 aliphatic heterocycles. The highest BCUT2D eigenvalue weighted by Gasteiger charge is 2.16. The third kappa shape index (κ3) is 5.32. The van der Waals surface area contributed by atoms with E-state index in [-0.39, 0.29) is 22.4 Å². The molecule has 0 saturated heterocycles. The van der Waals surface area contributed by atoms with Crippen molar-refractivity contribution in [1.82, 2.24) is 0 Å². The van der Waals surface area contributed by atoms with E-state index < -0.39 is 10.0 Å². The topological polar surface area (TPSA) is 104 Å². The van der Waals surface area contributed by atoms with E-state index in [2.05, 4.69) is 15.4 Å². The molecule has 26 heavy (non-hydrogen) atoms. The molecule has 0 aliphatic carbocycles. The molecule has 0 aliphatic rings. The smallest absolute Gasteiger partial charge is 0.261 e. The zero-order valence-electron chi connectivity index (χ0n) is 14.6. The number of benzene rings is 2. The van der Waals surface area contributed by atoms with Crippen molar-refractivity contribution in [2.24, 2.45) is 0 Å². The van der Waals surface area contributed by atoms with Crippen molar-refractivity contribution in [2.45, 2.75) is 31.6 Å². The fourth-order valence-corrected chi connectivity index (χ4v) is 3.33. The Morgan fingerprint density at radius 2 is 1.54 bits per heavy atom. The first-order valence-electron chi connectivity index (χ1n) is 8.11. The molecule has 8 heteroatoms. The van der Waals surface area contributed by atoms with Gasteiger partial charge >= 0.3 is 0 Å². The van der Waals surface area contributed by atoms with Gasteiger partial charge in [0.05, 0.1) is 16.3 Å². The molecular formula is C18H21N3O4S. The van der Waals surface area contributed by atoms with Crippen LogP contribution < -0.4 is 15.4 Å². The number of carbonyl (C=O) groups excluding carboxylic acids is 2. The summed E-state index contributed by atoms with van der Waals surface area (Å²) in [5.41, 5.74) is 1.18. The maximum Gasteiger partial charge on any atom is 0.261 e. The molecule has 0 bridgehead atoms. The van der Waals surface area contributed by atoms with Gasteiger partial charge in [0.15, 0.2) is 0 Å². The third-order valence-electron chi connectivity index (χ3n) is 3.41. The fourth-order valence-electron chi connectivity index (χ4n) is 2.25. The molecule has 0 saturated carbocycles. The molecule has 0 fully saturated rings. The molecule has 2 aromatic rings. The summed E-state index contributed by atoms with van der Waals surface area (Å²) in [5.74, 6) is -0.422. The Kier molecular flexibility index (Phi) is 6.35. The van der Waals surface area contributed by atoms with Crippen LogP contribution in [0.1, 0.15) is 26.7 Å². The predicted molar refractivity (Wildman–Crippen MR) is 102 cm³/mol. The van der Waals surface area contributed by atoms with Gasteiger partial charge in [-0.1, -0.05) is 19.1 Å². The number of rotatable bonds is 7. The molecule has 0 radical (unpaired) electrons. The molecule has 2 aromatic carbocycles. The van der Waals surface area contributed by atoms with E-state index in [0.29, 0.717) is 24.2 Å². The van der Waals surface area contributed by atoms with E-state index in [1.807, 2.05) is 6.92 Å². The fraction of sp³-hybridized carbons (Fsp3) is 0.222. The highest BCUT2D eigenvalue weighted by Crippen LogP contribution is 2.25. The molecule has 138 valence electrons. The lowest BCUT2D eigenvalue weighted by atomic mass is 10.2. The molecule has 0 heterocycles. The lowest BCUT2D eigenvalue weighted by Gasteiger charge is -2.13. The molecular weight excluding hydrogens is 354 g/mol. The molecule has 0 aromatic heterocycles. The number of amides is 2. The van der Waals surface area contributed by atoms with E-state index in [0.717, 1.165) is 0 Å². The first-order chi connectivity index (χ1) is 12.3. The summed E-state index contributed by atoms with van der Waals surface area (Å²) in [5, 5.41) is 5.28. The van der Waals surface area contributed by atoms with Gasteiger partial charge in [0, 0.05) is 19.0 Å². The summed E-state index contributed by atoms with van der Waals surface area (Å²) in [6, 6.07) is 12.4. The number of hydrogen-bond donors (Lipinski definition) is 3. The van der Waals surface area contributed by atoms with E-state index >= 15 is 0 Å². The van der Waals surface area contributed by atoms with Gasteiger partial charge in [-0.3, -0.25) is 14.3 Å². The Bertz CT molecular complexity index is 893. The number of nitrogens with one attached hydrogen (secondary N) is 3. The number of para-hydroxylation sites is 2. The minimum atomic E-state index is -3.84. The highest BCUT2D eigenvalue weighted by atomic mass is 32.2. The second-order valence-corrected chi connectivity index (χ2v) is 7.34. The minimum absolute atomic E-state index is 0.0429. The molecule has 2 rings (SSSR count). The minimum Gasteiger partial charge on any atom is -0.326 e. The number of anilines is 3. The van der Waals surface area contributed by atoms with Crippen LogP contribution in [0.25, 0.3) is 0 Å². The molecule has 7 nitrogen and oxygen atoms in total. The lowest BCUT2D eigenvalue weighted by molar-refractivity contribution is -0.116. The molecule has 0 atom stereocenters. The summed E-state index contributed by atoms with van der Waals surface area (Å²) < 4.78 is 27.7. The zero-order valence-corrected chi connectivity index (χ0v) is 15.4. The van der Waals surface area contributed by atoms with Crippen LogP contribution in [0.15, 0.2) is 53.4 Å². The second kappa shape index (κ2) is 8.48. The van der Waals surface area contributed by atoms with E-state index in [4.69, 9.17) is 0 Å². The summed E-state index contributed by atoms with van der Waals surface area (Å²) in [7, 11) is -3.84. The van der Waals surface area contributed by atoms with E-state index in [1.54, 1.807) is 24.3 Å². The van der Waals surface area contributed by atoms with E-state index in [1.165, 1.54) is 31.2 Å². The predicted octanol–water partition coefficient (Wildman–Crippen LogP) is 3.18. The quantitative estimate of drug-likeness (QED) is 0.691. The van der Waals surface area contributed by atoms with Gasteiger partial charge in [0.25, 0.3) is 10.0 Å². The van der Waals surface area contributed by atoms with Crippen LogP contribution in [0.5, 0.6) is 0 Å². The van der Waals surface area contributed by atoms with Crippen molar-refractivity contribution in [3.05, 3.63) is 48.5 Å². The standard InChI is InChI=1S/C18H21N3O4S/c1-3-6-18(23)20-16-7-4-5-8-17(16)21-26(24,25)15-11-9-14(10-12-15)19-13(2)22/h4-5,7-12,21H,3,6H2,1-2H3,(H,19,22)(H,20,23). The molecule has 3 N–H and O–H groups in total. The number of sulfonamides is 1. The van der Waals surface area contributed by atoms with Gasteiger partial charge in [-0.15, -0.1) is 0 Å². The SMILES string of the molecule is CCCC(=O)Nc1ccccc1NS(=O)(=O)c1ccc(NC(C)=O)cc1. The van der Waals surface area contributed by atoms with Crippen molar-refractivity contribution in [3.8, 4) is 0 Å². The molecule has 0 spiro atoms. The third-order valence-corrected chi connectivity index (χ3v) is 4.79. The van der Waals surface area contributed by atoms with Crippen LogP contribution in [0.2, 0.25) is 0 Å². The average molecular weight is 375 g/mol. The normalized spacial score (nSPS) is 10.8. The summed E-state index contributed by atoms with van der Waals surface area (Å²) >= 11 is 0. The van der Waals surface area contributed by atoms with Gasteiger partial charge in [-0.25, -0.2) is 8.42 Å². The van der Waals surface area contributed by atoms with Crippen molar-refractivity contribution >= 4 is 38.9 Å². The van der Waals surface area contributed by atoms with Crippen molar-refractivity contribution in [1.29, 1.82) is 0 Å². The Morgan fingerprint density at radius 3 is 2.12 bits per heavy atom. The zero-order chi connectivity index (χ0) is 19.2. The second-order valence-electron chi connectivity index (χ2n) is 5.65. The first kappa shape index (κ1) is 19.5. The Hall–Kier alpha value is -2.87. The Morgan fingerprint density at radius 1 is 0.923 bits per heavy atom. The van der Waals surface area contributed by atoms with Crippen LogP contribution >= 0.6 is 0 Å². The summed E-state index contributed by atoms with van der Waals surface area (Å²) in [4.78, 5) is 22.9. The van der Waals surface area contributed by atoms with Crippen LogP contribution in [-0.2, 0) is 19.6 Å². The maximum absolute atomic E-state index is 12.6. The molecule has 0 unspecified atom stereocenters. The van der Waals surface area contributed by atoms with Gasteiger partial charge < -0.3 is 10.6 Å². The van der Waals surface area contributed by atoms with Crippen LogP contribution in [0.4, 0.5) is 17.1 Å². The lowest BCUT2D eigenvalue weighted by Crippen LogP contribution is -2.17. The van der Waals surface area contributed by atoms with Crippen LogP contribution in [-0.4, -0.2) is 20.2 Å². The molecule has 2 amide bonds. The monoisotopic (exact) mass is 375 g/mol. The summed E-state index contributed by atoms with van der Waals surface area (Å²) in [6.07, 6.45) is 1.05. The van der Waals surface area contributed by atoms with Gasteiger partial charge in [0.1, 0.15) is 0 Å².